The van der Waals surface area contributed by atoms with Gasteiger partial charge >= 0.3 is 0 Å². The summed E-state index contributed by atoms with van der Waals surface area (Å²) in [5.74, 6) is 0.387. The molecule has 2 rings (SSSR count). The molecule has 7 heteroatoms. The molecule has 134 valence electrons. The van der Waals surface area contributed by atoms with Crippen molar-refractivity contribution in [1.82, 2.24) is 0 Å². The van der Waals surface area contributed by atoms with Crippen LogP contribution >= 0.6 is 0 Å². The first-order valence-corrected chi connectivity index (χ1v) is 9.37. The van der Waals surface area contributed by atoms with Gasteiger partial charge in [0.15, 0.2) is 0 Å². The third-order valence-corrected chi connectivity index (χ3v) is 4.61. The number of hydrogen-bond acceptors (Lipinski definition) is 4. The molecule has 0 heterocycles. The molecule has 0 unspecified atom stereocenters. The fraction of sp³-hybridized carbons (Fsp3) is 0.278. The lowest BCUT2D eigenvalue weighted by Crippen LogP contribution is -2.12. The highest BCUT2D eigenvalue weighted by Gasteiger charge is 2.14. The van der Waals surface area contributed by atoms with Crippen molar-refractivity contribution in [2.24, 2.45) is 0 Å². The standard InChI is InChI=1S/C18H21NO5S/c1-3-4-11-24-16-8-5-14(6-9-16)18(20)19-15-7-10-17(13(2)12-15)25(21,22)23/h5-10,12H,3-4,11H2,1-2H3,(H,19,20)(H,21,22,23). The molecule has 1 amide bonds. The minimum absolute atomic E-state index is 0.181. The van der Waals surface area contributed by atoms with E-state index in [2.05, 4.69) is 12.2 Å². The first-order valence-electron chi connectivity index (χ1n) is 7.93. The third-order valence-electron chi connectivity index (χ3n) is 3.59. The molecule has 2 aromatic rings. The molecule has 0 aliphatic rings. The molecule has 0 atom stereocenters. The van der Waals surface area contributed by atoms with Crippen LogP contribution in [0.3, 0.4) is 0 Å². The summed E-state index contributed by atoms with van der Waals surface area (Å²) >= 11 is 0. The van der Waals surface area contributed by atoms with E-state index < -0.39 is 10.1 Å². The van der Waals surface area contributed by atoms with E-state index in [0.29, 0.717) is 29.2 Å². The van der Waals surface area contributed by atoms with E-state index in [1.54, 1.807) is 31.2 Å². The number of carbonyl (C=O) groups excluding carboxylic acids is 1. The Morgan fingerprint density at radius 2 is 1.84 bits per heavy atom. The molecule has 0 fully saturated rings. The molecule has 2 N–H and O–H groups in total. The molecule has 0 saturated heterocycles. The monoisotopic (exact) mass is 363 g/mol. The van der Waals surface area contributed by atoms with Crippen LogP contribution in [0.1, 0.15) is 35.7 Å². The zero-order valence-corrected chi connectivity index (χ0v) is 15.0. The first-order chi connectivity index (χ1) is 11.8. The van der Waals surface area contributed by atoms with Crippen molar-refractivity contribution in [2.75, 3.05) is 11.9 Å². The number of anilines is 1. The van der Waals surface area contributed by atoms with Crippen molar-refractivity contribution < 1.29 is 22.5 Å². The average molecular weight is 363 g/mol. The van der Waals surface area contributed by atoms with Crippen LogP contribution in [-0.2, 0) is 10.1 Å². The fourth-order valence-corrected chi connectivity index (χ4v) is 2.96. The summed E-state index contributed by atoms with van der Waals surface area (Å²) < 4.78 is 37.0. The van der Waals surface area contributed by atoms with Crippen LogP contribution < -0.4 is 10.1 Å². The molecule has 25 heavy (non-hydrogen) atoms. The minimum atomic E-state index is -4.27. The summed E-state index contributed by atoms with van der Waals surface area (Å²) in [4.78, 5) is 12.1. The maximum Gasteiger partial charge on any atom is 0.294 e. The molecule has 0 aliphatic heterocycles. The van der Waals surface area contributed by atoms with Crippen molar-refractivity contribution in [2.45, 2.75) is 31.6 Å². The average Bonchev–Trinajstić information content (AvgIpc) is 2.54. The quantitative estimate of drug-likeness (QED) is 0.578. The maximum atomic E-state index is 12.3. The summed E-state index contributed by atoms with van der Waals surface area (Å²) in [5, 5.41) is 2.69. The molecule has 0 aliphatic carbocycles. The van der Waals surface area contributed by atoms with Gasteiger partial charge in [0.2, 0.25) is 0 Å². The summed E-state index contributed by atoms with van der Waals surface area (Å²) in [6, 6.07) is 11.0. The topological polar surface area (TPSA) is 92.7 Å². The Morgan fingerprint density at radius 1 is 1.16 bits per heavy atom. The minimum Gasteiger partial charge on any atom is -0.494 e. The summed E-state index contributed by atoms with van der Waals surface area (Å²) in [5.41, 5.74) is 1.25. The molecule has 6 nitrogen and oxygen atoms in total. The Labute approximate surface area is 147 Å². The predicted octanol–water partition coefficient (Wildman–Crippen LogP) is 3.67. The zero-order valence-electron chi connectivity index (χ0n) is 14.2. The van der Waals surface area contributed by atoms with E-state index in [1.165, 1.54) is 18.2 Å². The van der Waals surface area contributed by atoms with Gasteiger partial charge in [0.25, 0.3) is 16.0 Å². The Bertz CT molecular complexity index is 844. The second-order valence-corrected chi connectivity index (χ2v) is 7.03. The lowest BCUT2D eigenvalue weighted by Gasteiger charge is -2.09. The van der Waals surface area contributed by atoms with Crippen molar-refractivity contribution >= 4 is 21.7 Å². The van der Waals surface area contributed by atoms with Crippen LogP contribution in [0.5, 0.6) is 5.75 Å². The fourth-order valence-electron chi connectivity index (χ4n) is 2.26. The molecular weight excluding hydrogens is 342 g/mol. The zero-order chi connectivity index (χ0) is 18.4. The molecular formula is C18H21NO5S. The van der Waals surface area contributed by atoms with Gasteiger partial charge in [-0.2, -0.15) is 8.42 Å². The number of rotatable bonds is 7. The summed E-state index contributed by atoms with van der Waals surface area (Å²) in [7, 11) is -4.27. The lowest BCUT2D eigenvalue weighted by molar-refractivity contribution is 0.102. The van der Waals surface area contributed by atoms with E-state index in [1.807, 2.05) is 0 Å². The second kappa shape index (κ2) is 8.13. The third kappa shape index (κ3) is 5.30. The lowest BCUT2D eigenvalue weighted by atomic mass is 10.2. The summed E-state index contributed by atoms with van der Waals surface area (Å²) in [6.07, 6.45) is 2.03. The highest BCUT2D eigenvalue weighted by Crippen LogP contribution is 2.20. The summed E-state index contributed by atoms with van der Waals surface area (Å²) in [6.45, 7) is 4.27. The van der Waals surface area contributed by atoms with Crippen LogP contribution in [0.2, 0.25) is 0 Å². The highest BCUT2D eigenvalue weighted by molar-refractivity contribution is 7.85. The van der Waals surface area contributed by atoms with Crippen LogP contribution in [-0.4, -0.2) is 25.5 Å². The van der Waals surface area contributed by atoms with Gasteiger partial charge in [-0.15, -0.1) is 0 Å². The number of benzene rings is 2. The second-order valence-electron chi connectivity index (χ2n) is 5.64. The van der Waals surface area contributed by atoms with Gasteiger partial charge in [0, 0.05) is 11.3 Å². The largest absolute Gasteiger partial charge is 0.494 e. The van der Waals surface area contributed by atoms with Crippen molar-refractivity contribution in [3.05, 3.63) is 53.6 Å². The van der Waals surface area contributed by atoms with Crippen LogP contribution in [0.25, 0.3) is 0 Å². The predicted molar refractivity (Wildman–Crippen MR) is 95.8 cm³/mol. The van der Waals surface area contributed by atoms with Crippen molar-refractivity contribution in [3.63, 3.8) is 0 Å². The maximum absolute atomic E-state index is 12.3. The van der Waals surface area contributed by atoms with Crippen molar-refractivity contribution in [1.29, 1.82) is 0 Å². The van der Waals surface area contributed by atoms with E-state index in [-0.39, 0.29) is 10.8 Å². The number of hydrogen-bond donors (Lipinski definition) is 2. The number of carbonyl (C=O) groups is 1. The Hall–Kier alpha value is -2.38. The molecule has 0 saturated carbocycles. The highest BCUT2D eigenvalue weighted by atomic mass is 32.2. The van der Waals surface area contributed by atoms with Gasteiger partial charge in [0.1, 0.15) is 5.75 Å². The number of aryl methyl sites for hydroxylation is 1. The van der Waals surface area contributed by atoms with Crippen LogP contribution in [0, 0.1) is 6.92 Å². The molecule has 0 radical (unpaired) electrons. The number of unbranched alkanes of at least 4 members (excludes halogenated alkanes) is 1. The molecule has 0 aromatic heterocycles. The van der Waals surface area contributed by atoms with Crippen LogP contribution in [0.15, 0.2) is 47.4 Å². The molecule has 2 aromatic carbocycles. The smallest absolute Gasteiger partial charge is 0.294 e. The first kappa shape index (κ1) is 19.0. The van der Waals surface area contributed by atoms with Gasteiger partial charge in [-0.05, 0) is 61.4 Å². The van der Waals surface area contributed by atoms with E-state index in [4.69, 9.17) is 9.29 Å². The normalized spacial score (nSPS) is 11.2. The van der Waals surface area contributed by atoms with Crippen LogP contribution in [0.4, 0.5) is 5.69 Å². The number of ether oxygens (including phenoxy) is 1. The Kier molecular flexibility index (Phi) is 6.17. The number of amides is 1. The SMILES string of the molecule is CCCCOc1ccc(C(=O)Nc2ccc(S(=O)(=O)O)c(C)c2)cc1. The molecule has 0 spiro atoms. The Morgan fingerprint density at radius 3 is 2.40 bits per heavy atom. The van der Waals surface area contributed by atoms with E-state index in [0.717, 1.165) is 12.8 Å². The number of nitrogens with one attached hydrogen (secondary N) is 1. The van der Waals surface area contributed by atoms with Gasteiger partial charge in [-0.25, -0.2) is 0 Å². The van der Waals surface area contributed by atoms with E-state index >= 15 is 0 Å². The van der Waals surface area contributed by atoms with Crippen molar-refractivity contribution in [3.8, 4) is 5.75 Å². The van der Waals surface area contributed by atoms with Gasteiger partial charge < -0.3 is 10.1 Å². The van der Waals surface area contributed by atoms with Gasteiger partial charge in [0.05, 0.1) is 11.5 Å². The van der Waals surface area contributed by atoms with Gasteiger partial charge in [-0.3, -0.25) is 9.35 Å². The Balaban J connectivity index is 2.05. The molecule has 0 bridgehead atoms. The van der Waals surface area contributed by atoms with Gasteiger partial charge in [-0.1, -0.05) is 13.3 Å². The van der Waals surface area contributed by atoms with E-state index in [9.17, 15) is 13.2 Å².